The lowest BCUT2D eigenvalue weighted by molar-refractivity contribution is -0.145. The zero-order chi connectivity index (χ0) is 22.0. The number of amides is 1. The van der Waals surface area contributed by atoms with Gasteiger partial charge in [-0.3, -0.25) is 4.79 Å². The molecule has 0 aromatic heterocycles. The average molecular weight is 425 g/mol. The summed E-state index contributed by atoms with van der Waals surface area (Å²) in [4.78, 5) is 16.1. The van der Waals surface area contributed by atoms with E-state index in [1.54, 1.807) is 0 Å². The number of fused-ring (bicyclic) bond motifs is 1. The number of hydrogen-bond acceptors (Lipinski definition) is 3. The number of nitrogens with one attached hydrogen (secondary N) is 1. The van der Waals surface area contributed by atoms with Crippen molar-refractivity contribution in [3.63, 3.8) is 0 Å². The minimum atomic E-state index is -0.228. The third-order valence-corrected chi connectivity index (χ3v) is 8.00. The molecule has 2 aliphatic heterocycles. The topological polar surface area (TPSA) is 41.6 Å². The van der Waals surface area contributed by atoms with Crippen molar-refractivity contribution in [2.24, 2.45) is 11.3 Å². The van der Waals surface area contributed by atoms with Crippen LogP contribution in [0.15, 0.2) is 24.8 Å². The summed E-state index contributed by atoms with van der Waals surface area (Å²) < 4.78 is 5.52. The summed E-state index contributed by atoms with van der Waals surface area (Å²) in [6.45, 7) is 13.9. The second-order valence-corrected chi connectivity index (χ2v) is 10.3. The fraction of sp³-hybridized carbons (Fsp3) is 0.667. The zero-order valence-corrected chi connectivity index (χ0v) is 19.7. The van der Waals surface area contributed by atoms with Crippen molar-refractivity contribution in [1.29, 1.82) is 0 Å². The summed E-state index contributed by atoms with van der Waals surface area (Å²) in [7, 11) is 0. The second kappa shape index (κ2) is 9.46. The Bertz CT molecular complexity index is 812. The fourth-order valence-electron chi connectivity index (χ4n) is 6.17. The molecular weight excluding hydrogens is 384 g/mol. The van der Waals surface area contributed by atoms with Crippen LogP contribution in [0.4, 0.5) is 0 Å². The summed E-state index contributed by atoms with van der Waals surface area (Å²) in [5, 5.41) is 3.87. The molecule has 0 spiro atoms. The molecule has 0 unspecified atom stereocenters. The Morgan fingerprint density at radius 2 is 2.06 bits per heavy atom. The van der Waals surface area contributed by atoms with Crippen LogP contribution in [0.25, 0.3) is 0 Å². The number of hydrogen-bond donors (Lipinski definition) is 1. The van der Waals surface area contributed by atoms with Gasteiger partial charge in [0.15, 0.2) is 0 Å². The first-order valence-electron chi connectivity index (χ1n) is 12.3. The number of allylic oxidation sites excluding steroid dienone is 1. The predicted octanol–water partition coefficient (Wildman–Crippen LogP) is 4.57. The van der Waals surface area contributed by atoms with E-state index in [1.807, 2.05) is 6.08 Å². The third kappa shape index (κ3) is 4.61. The van der Waals surface area contributed by atoms with Crippen LogP contribution >= 0.6 is 0 Å². The Hall–Kier alpha value is -1.65. The van der Waals surface area contributed by atoms with Crippen LogP contribution in [0.1, 0.15) is 68.2 Å². The van der Waals surface area contributed by atoms with Gasteiger partial charge in [0.2, 0.25) is 5.91 Å². The number of aryl methyl sites for hydroxylation is 1. The maximum Gasteiger partial charge on any atom is 0.229 e. The highest BCUT2D eigenvalue weighted by atomic mass is 16.5. The largest absolute Gasteiger partial charge is 0.381 e. The number of rotatable bonds is 6. The van der Waals surface area contributed by atoms with Crippen molar-refractivity contribution >= 4 is 5.91 Å². The molecule has 1 aromatic carbocycles. The molecule has 4 heteroatoms. The molecular formula is C27H40N2O2. The Labute approximate surface area is 188 Å². The molecule has 0 bridgehead atoms. The summed E-state index contributed by atoms with van der Waals surface area (Å²) >= 11 is 0. The lowest BCUT2D eigenvalue weighted by Crippen LogP contribution is -2.49. The van der Waals surface area contributed by atoms with Gasteiger partial charge >= 0.3 is 0 Å². The van der Waals surface area contributed by atoms with Gasteiger partial charge < -0.3 is 15.0 Å². The van der Waals surface area contributed by atoms with Crippen molar-refractivity contribution in [3.8, 4) is 0 Å². The molecule has 31 heavy (non-hydrogen) atoms. The Kier molecular flexibility index (Phi) is 6.88. The van der Waals surface area contributed by atoms with Crippen molar-refractivity contribution in [2.75, 3.05) is 19.8 Å². The van der Waals surface area contributed by atoms with Gasteiger partial charge in [0.05, 0.1) is 5.41 Å². The Balaban J connectivity index is 1.49. The molecule has 170 valence electrons. The predicted molar refractivity (Wildman–Crippen MR) is 126 cm³/mol. The molecule has 1 aliphatic carbocycles. The molecule has 1 aromatic rings. The van der Waals surface area contributed by atoms with Crippen LogP contribution in [0.2, 0.25) is 0 Å². The van der Waals surface area contributed by atoms with Crippen LogP contribution in [0.5, 0.6) is 0 Å². The smallest absolute Gasteiger partial charge is 0.229 e. The minimum absolute atomic E-state index is 0.228. The summed E-state index contributed by atoms with van der Waals surface area (Å²) in [6, 6.07) is 5.57. The second-order valence-electron chi connectivity index (χ2n) is 10.3. The van der Waals surface area contributed by atoms with Gasteiger partial charge in [-0.05, 0) is 74.5 Å². The van der Waals surface area contributed by atoms with E-state index >= 15 is 0 Å². The van der Waals surface area contributed by atoms with Gasteiger partial charge in [0, 0.05) is 38.4 Å². The van der Waals surface area contributed by atoms with Crippen molar-refractivity contribution in [1.82, 2.24) is 10.2 Å². The van der Waals surface area contributed by atoms with E-state index in [9.17, 15) is 4.79 Å². The highest BCUT2D eigenvalue weighted by molar-refractivity contribution is 5.84. The summed E-state index contributed by atoms with van der Waals surface area (Å²) in [6.07, 6.45) is 9.13. The van der Waals surface area contributed by atoms with Gasteiger partial charge in [0.25, 0.3) is 0 Å². The molecule has 2 atom stereocenters. The van der Waals surface area contributed by atoms with Crippen LogP contribution in [-0.2, 0) is 28.9 Å². The van der Waals surface area contributed by atoms with Gasteiger partial charge in [-0.25, -0.2) is 0 Å². The number of benzene rings is 1. The highest BCUT2D eigenvalue weighted by Gasteiger charge is 2.49. The monoisotopic (exact) mass is 424 g/mol. The van der Waals surface area contributed by atoms with Gasteiger partial charge in [-0.1, -0.05) is 37.6 Å². The highest BCUT2D eigenvalue weighted by Crippen LogP contribution is 2.46. The molecule has 1 N–H and O–H groups in total. The molecule has 0 radical (unpaired) electrons. The number of carbonyl (C=O) groups is 1. The maximum atomic E-state index is 14.0. The molecule has 4 nitrogen and oxygen atoms in total. The van der Waals surface area contributed by atoms with Crippen LogP contribution in [-0.4, -0.2) is 42.6 Å². The zero-order valence-electron chi connectivity index (χ0n) is 19.7. The molecule has 1 amide bonds. The van der Waals surface area contributed by atoms with Crippen LogP contribution in [0.3, 0.4) is 0 Å². The maximum absolute atomic E-state index is 14.0. The lowest BCUT2D eigenvalue weighted by Gasteiger charge is -2.40. The van der Waals surface area contributed by atoms with Crippen molar-refractivity contribution in [2.45, 2.75) is 84.3 Å². The van der Waals surface area contributed by atoms with E-state index in [2.05, 4.69) is 49.7 Å². The van der Waals surface area contributed by atoms with Crippen molar-refractivity contribution in [3.05, 3.63) is 47.0 Å². The standard InChI is InChI=1S/C27H40N2O2/c1-5-6-21-15-20(4)16-22-18-29(12-8-25(21)22)26(30)27(19(2)3)11-7-24(17-27)28-23-9-13-31-14-10-23/h5,15-16,19,23-24,28H,1,6-14,17-18H2,2-4H3/t24-,27+/m1/s1. The molecule has 2 fully saturated rings. The molecule has 3 aliphatic rings. The quantitative estimate of drug-likeness (QED) is 0.680. The number of nitrogens with zero attached hydrogens (tertiary/aromatic N) is 1. The first-order valence-corrected chi connectivity index (χ1v) is 12.3. The van der Waals surface area contributed by atoms with Gasteiger partial charge in [-0.15, -0.1) is 6.58 Å². The number of ether oxygens (including phenoxy) is 1. The normalized spacial score (nSPS) is 26.8. The average Bonchev–Trinajstić information content (AvgIpc) is 3.19. The summed E-state index contributed by atoms with van der Waals surface area (Å²) in [5.74, 6) is 0.743. The van der Waals surface area contributed by atoms with E-state index in [-0.39, 0.29) is 5.41 Å². The first-order chi connectivity index (χ1) is 14.9. The minimum Gasteiger partial charge on any atom is -0.381 e. The molecule has 1 saturated carbocycles. The molecule has 4 rings (SSSR count). The Morgan fingerprint density at radius 3 is 2.77 bits per heavy atom. The van der Waals surface area contributed by atoms with E-state index in [0.717, 1.165) is 71.2 Å². The van der Waals surface area contributed by atoms with E-state index in [1.165, 1.54) is 22.3 Å². The SMILES string of the molecule is C=CCc1cc(C)cc2c1CCN(C(=O)[C@@]1(C(C)C)CC[C@@H](NC3CCOCC3)C1)C2. The van der Waals surface area contributed by atoms with Crippen LogP contribution < -0.4 is 5.32 Å². The van der Waals surface area contributed by atoms with Crippen molar-refractivity contribution < 1.29 is 9.53 Å². The van der Waals surface area contributed by atoms with Crippen LogP contribution in [0, 0.1) is 18.3 Å². The Morgan fingerprint density at radius 1 is 1.29 bits per heavy atom. The summed E-state index contributed by atoms with van der Waals surface area (Å²) in [5.41, 5.74) is 5.22. The van der Waals surface area contributed by atoms with E-state index < -0.39 is 0 Å². The molecule has 2 heterocycles. The first kappa shape index (κ1) is 22.5. The molecule has 1 saturated heterocycles. The van der Waals surface area contributed by atoms with E-state index in [4.69, 9.17) is 4.74 Å². The lowest BCUT2D eigenvalue weighted by atomic mass is 9.73. The van der Waals surface area contributed by atoms with Gasteiger partial charge in [0.1, 0.15) is 0 Å². The number of carbonyl (C=O) groups excluding carboxylic acids is 1. The third-order valence-electron chi connectivity index (χ3n) is 8.00. The van der Waals surface area contributed by atoms with Gasteiger partial charge in [-0.2, -0.15) is 0 Å². The fourth-order valence-corrected chi connectivity index (χ4v) is 6.17. The van der Waals surface area contributed by atoms with E-state index in [0.29, 0.717) is 23.9 Å².